The van der Waals surface area contributed by atoms with E-state index in [4.69, 9.17) is 0 Å². The van der Waals surface area contributed by atoms with Crippen molar-refractivity contribution in [1.82, 2.24) is 0 Å². The molecule has 0 amide bonds. The van der Waals surface area contributed by atoms with Crippen LogP contribution in [0.3, 0.4) is 0 Å². The van der Waals surface area contributed by atoms with Gasteiger partial charge in [-0.1, -0.05) is 0 Å². The quantitative estimate of drug-likeness (QED) is 0.244. The van der Waals surface area contributed by atoms with Crippen molar-refractivity contribution in [2.24, 2.45) is 11.8 Å². The van der Waals surface area contributed by atoms with Gasteiger partial charge in [-0.05, 0) is 0 Å². The van der Waals surface area contributed by atoms with E-state index in [1.165, 1.54) is 0 Å². The molecule has 6 N–H and O–H groups in total. The molecule has 0 heterocycles. The maximum absolute atomic E-state index is 9.45. The number of fused-ring (bicyclic) bond motifs is 3. The summed E-state index contributed by atoms with van der Waals surface area (Å²) in [5.74, 6) is -2.19. The van der Waals surface area contributed by atoms with E-state index < -0.39 is 48.5 Å². The fourth-order valence-corrected chi connectivity index (χ4v) is 2.58. The smallest absolute Gasteiger partial charge is 0.0883 e. The van der Waals surface area contributed by atoms with Gasteiger partial charge in [-0.3, -0.25) is 0 Å². The minimum absolute atomic E-state index is 1.10. The molecule has 82 valence electrons. The standard InChI is InChI=1S/C8H14O6/c9-3-1-4(10)7(13)2(6(3)12)8(14)5(1)11/h1-14H/t1?,2?,3-,4-,5-,6-,7-,8+/m0/s1. The molecule has 3 fully saturated rings. The van der Waals surface area contributed by atoms with Crippen molar-refractivity contribution in [1.29, 1.82) is 0 Å². The van der Waals surface area contributed by atoms with Crippen LogP contribution in [0.5, 0.6) is 0 Å². The van der Waals surface area contributed by atoms with Crippen LogP contribution >= 0.6 is 0 Å². The lowest BCUT2D eigenvalue weighted by Gasteiger charge is -2.54. The predicted molar refractivity (Wildman–Crippen MR) is 43.0 cm³/mol. The van der Waals surface area contributed by atoms with Crippen LogP contribution in [-0.2, 0) is 0 Å². The van der Waals surface area contributed by atoms with Gasteiger partial charge in [0.1, 0.15) is 0 Å². The van der Waals surface area contributed by atoms with Gasteiger partial charge in [-0.15, -0.1) is 0 Å². The first-order chi connectivity index (χ1) is 6.46. The van der Waals surface area contributed by atoms with E-state index in [9.17, 15) is 30.6 Å². The summed E-state index contributed by atoms with van der Waals surface area (Å²) in [6.45, 7) is 0. The summed E-state index contributed by atoms with van der Waals surface area (Å²) in [7, 11) is 0. The zero-order chi connectivity index (χ0) is 10.6. The molecule has 0 radical (unpaired) electrons. The zero-order valence-corrected chi connectivity index (χ0v) is 7.30. The third kappa shape index (κ3) is 1.06. The predicted octanol–water partition coefficient (Wildman–Crippen LogP) is -3.59. The summed E-state index contributed by atoms with van der Waals surface area (Å²) in [5, 5.41) is 56.7. The van der Waals surface area contributed by atoms with E-state index >= 15 is 0 Å². The fourth-order valence-electron chi connectivity index (χ4n) is 2.58. The van der Waals surface area contributed by atoms with Crippen LogP contribution in [0, 0.1) is 11.8 Å². The van der Waals surface area contributed by atoms with Crippen molar-refractivity contribution in [2.75, 3.05) is 0 Å². The number of hydrogen-bond donors (Lipinski definition) is 6. The summed E-state index contributed by atoms with van der Waals surface area (Å²) in [6, 6.07) is 0. The third-order valence-electron chi connectivity index (χ3n) is 3.42. The van der Waals surface area contributed by atoms with E-state index in [0.717, 1.165) is 0 Å². The minimum Gasteiger partial charge on any atom is -0.390 e. The summed E-state index contributed by atoms with van der Waals surface area (Å²) in [6.07, 6.45) is -7.85. The Morgan fingerprint density at radius 3 is 0.643 bits per heavy atom. The Balaban J connectivity index is 2.34. The lowest BCUT2D eigenvalue weighted by Crippen LogP contribution is -2.72. The first-order valence-corrected chi connectivity index (χ1v) is 4.55. The maximum atomic E-state index is 9.45. The van der Waals surface area contributed by atoms with Crippen LogP contribution in [0.1, 0.15) is 0 Å². The fraction of sp³-hybridized carbons (Fsp3) is 1.00. The van der Waals surface area contributed by atoms with Gasteiger partial charge in [0.2, 0.25) is 0 Å². The number of rotatable bonds is 0. The van der Waals surface area contributed by atoms with E-state index in [1.54, 1.807) is 0 Å². The van der Waals surface area contributed by atoms with Crippen molar-refractivity contribution in [3.8, 4) is 0 Å². The highest BCUT2D eigenvalue weighted by atomic mass is 16.4. The molecule has 0 aromatic rings. The Morgan fingerprint density at radius 2 is 0.500 bits per heavy atom. The lowest BCUT2D eigenvalue weighted by atomic mass is 9.61. The SMILES string of the molecule is O[C@@H]1C2[C@H](O)[C@@H](O)C([C@@H]1O)[C@H](O)[C@H]2O. The van der Waals surface area contributed by atoms with Crippen molar-refractivity contribution in [3.63, 3.8) is 0 Å². The number of aliphatic hydroxyl groups excluding tert-OH is 6. The molecule has 3 saturated carbocycles. The average Bonchev–Trinajstić information content (AvgIpc) is 2.12. The monoisotopic (exact) mass is 206 g/mol. The average molecular weight is 206 g/mol. The molecule has 0 aromatic heterocycles. The molecular weight excluding hydrogens is 192 g/mol. The van der Waals surface area contributed by atoms with Gasteiger partial charge in [0.25, 0.3) is 0 Å². The molecule has 0 aliphatic heterocycles. The molecule has 6 nitrogen and oxygen atoms in total. The van der Waals surface area contributed by atoms with E-state index in [1.807, 2.05) is 0 Å². The summed E-state index contributed by atoms with van der Waals surface area (Å²) < 4.78 is 0. The normalized spacial score (nSPS) is 63.0. The van der Waals surface area contributed by atoms with Gasteiger partial charge in [-0.2, -0.15) is 0 Å². The van der Waals surface area contributed by atoms with Crippen molar-refractivity contribution < 1.29 is 30.6 Å². The van der Waals surface area contributed by atoms with Gasteiger partial charge in [0, 0.05) is 11.8 Å². The Kier molecular flexibility index (Phi) is 2.30. The number of aliphatic hydroxyl groups is 6. The van der Waals surface area contributed by atoms with Crippen LogP contribution in [-0.4, -0.2) is 67.3 Å². The summed E-state index contributed by atoms with van der Waals surface area (Å²) in [5.41, 5.74) is 0. The highest BCUT2D eigenvalue weighted by Crippen LogP contribution is 2.42. The van der Waals surface area contributed by atoms with Gasteiger partial charge in [0.15, 0.2) is 0 Å². The molecule has 0 unspecified atom stereocenters. The van der Waals surface area contributed by atoms with Gasteiger partial charge < -0.3 is 30.6 Å². The van der Waals surface area contributed by atoms with Crippen LogP contribution < -0.4 is 0 Å². The van der Waals surface area contributed by atoms with Crippen molar-refractivity contribution in [3.05, 3.63) is 0 Å². The highest BCUT2D eigenvalue weighted by Gasteiger charge is 2.61. The second kappa shape index (κ2) is 3.13. The van der Waals surface area contributed by atoms with Gasteiger partial charge >= 0.3 is 0 Å². The molecule has 6 heteroatoms. The van der Waals surface area contributed by atoms with Gasteiger partial charge in [-0.25, -0.2) is 0 Å². The lowest BCUT2D eigenvalue weighted by molar-refractivity contribution is -0.279. The van der Waals surface area contributed by atoms with Crippen LogP contribution in [0.4, 0.5) is 0 Å². The van der Waals surface area contributed by atoms with Crippen molar-refractivity contribution >= 4 is 0 Å². The second-order valence-corrected chi connectivity index (χ2v) is 4.10. The summed E-state index contributed by atoms with van der Waals surface area (Å²) >= 11 is 0. The first-order valence-electron chi connectivity index (χ1n) is 4.55. The van der Waals surface area contributed by atoms with E-state index in [2.05, 4.69) is 0 Å². The zero-order valence-electron chi connectivity index (χ0n) is 7.30. The van der Waals surface area contributed by atoms with Gasteiger partial charge in [0.05, 0.1) is 36.6 Å². The highest BCUT2D eigenvalue weighted by molar-refractivity contribution is 5.10. The Labute approximate surface area is 80.0 Å². The first kappa shape index (κ1) is 10.3. The molecule has 0 spiro atoms. The Morgan fingerprint density at radius 1 is 0.357 bits per heavy atom. The van der Waals surface area contributed by atoms with Crippen LogP contribution in [0.25, 0.3) is 0 Å². The number of hydrogen-bond acceptors (Lipinski definition) is 6. The third-order valence-corrected chi connectivity index (χ3v) is 3.42. The van der Waals surface area contributed by atoms with Crippen LogP contribution in [0.2, 0.25) is 0 Å². The molecule has 2 bridgehead atoms. The summed E-state index contributed by atoms with van der Waals surface area (Å²) in [4.78, 5) is 0. The van der Waals surface area contributed by atoms with E-state index in [-0.39, 0.29) is 0 Å². The Bertz CT molecular complexity index is 172. The molecule has 3 aliphatic rings. The molecule has 3 aliphatic carbocycles. The molecule has 0 saturated heterocycles. The molecule has 0 aromatic carbocycles. The Hall–Kier alpha value is -0.240. The molecule has 3 rings (SSSR count). The largest absolute Gasteiger partial charge is 0.390 e. The van der Waals surface area contributed by atoms with Crippen molar-refractivity contribution in [2.45, 2.75) is 36.6 Å². The topological polar surface area (TPSA) is 121 Å². The van der Waals surface area contributed by atoms with E-state index in [0.29, 0.717) is 0 Å². The molecule has 14 heavy (non-hydrogen) atoms. The second-order valence-electron chi connectivity index (χ2n) is 4.10. The minimum atomic E-state index is -1.31. The maximum Gasteiger partial charge on any atom is 0.0883 e. The molecular formula is C8H14O6. The van der Waals surface area contributed by atoms with Crippen LogP contribution in [0.15, 0.2) is 0 Å². The molecule has 6 atom stereocenters.